The summed E-state index contributed by atoms with van der Waals surface area (Å²) in [5, 5.41) is 2.38. The number of carbonyl (C=O) groups is 1. The third-order valence-electron chi connectivity index (χ3n) is 6.05. The predicted molar refractivity (Wildman–Crippen MR) is 115 cm³/mol. The molecule has 2 aliphatic rings. The summed E-state index contributed by atoms with van der Waals surface area (Å²) in [6.45, 7) is 5.80. The number of hydrogen-bond donors (Lipinski definition) is 0. The average molecular weight is 375 g/mol. The molecule has 0 N–H and O–H groups in total. The zero-order valence-corrected chi connectivity index (χ0v) is 17.0. The summed E-state index contributed by atoms with van der Waals surface area (Å²) in [6, 6.07) is 11.2. The zero-order valence-electron chi connectivity index (χ0n) is 17.0. The molecule has 0 atom stereocenters. The van der Waals surface area contributed by atoms with Crippen molar-refractivity contribution in [1.29, 1.82) is 0 Å². The Morgan fingerprint density at radius 3 is 2.50 bits per heavy atom. The molecule has 2 aromatic rings. The molecular weight excluding hydrogens is 344 g/mol. The molecule has 1 fully saturated rings. The second kappa shape index (κ2) is 8.30. The molecule has 1 saturated heterocycles. The van der Waals surface area contributed by atoms with Gasteiger partial charge in [0, 0.05) is 30.8 Å². The van der Waals surface area contributed by atoms with E-state index >= 15 is 0 Å². The van der Waals surface area contributed by atoms with Crippen LogP contribution < -0.4 is 10.6 Å². The Kier molecular flexibility index (Phi) is 5.61. The Hall–Kier alpha value is -2.42. The van der Waals surface area contributed by atoms with Crippen molar-refractivity contribution in [2.45, 2.75) is 46.0 Å². The molecule has 4 rings (SSSR count). The van der Waals surface area contributed by atoms with E-state index in [9.17, 15) is 4.79 Å². The van der Waals surface area contributed by atoms with Crippen LogP contribution in [0.1, 0.15) is 45.1 Å². The van der Waals surface area contributed by atoms with Crippen LogP contribution in [0, 0.1) is 11.8 Å². The summed E-state index contributed by atoms with van der Waals surface area (Å²) in [6.07, 6.45) is 12.0. The minimum atomic E-state index is 0.109. The molecule has 1 aromatic heterocycles. The number of pyridine rings is 1. The van der Waals surface area contributed by atoms with Gasteiger partial charge in [0.25, 0.3) is 0 Å². The number of hydrogen-bond acceptors (Lipinski definition) is 2. The topological polar surface area (TPSA) is 33.2 Å². The van der Waals surface area contributed by atoms with Gasteiger partial charge in [-0.05, 0) is 60.4 Å². The fraction of sp³-hybridized carbons (Fsp3) is 0.440. The number of aromatic nitrogens is 1. The Morgan fingerprint density at radius 2 is 1.79 bits per heavy atom. The van der Waals surface area contributed by atoms with Crippen LogP contribution in [0.25, 0.3) is 23.3 Å². The van der Waals surface area contributed by atoms with Gasteiger partial charge in [-0.1, -0.05) is 50.3 Å². The summed E-state index contributed by atoms with van der Waals surface area (Å²) in [5.74, 6) is 1.09. The van der Waals surface area contributed by atoms with Gasteiger partial charge in [-0.25, -0.2) is 0 Å². The van der Waals surface area contributed by atoms with Crippen LogP contribution in [-0.2, 0) is 11.2 Å². The SMILES string of the molecule is CC(C)C(=O)N1CCC(Cc2ccc(-c3cnc4c(c3)=CCCC=4)cc2)CC1. The van der Waals surface area contributed by atoms with Crippen molar-refractivity contribution in [2.24, 2.45) is 11.8 Å². The van der Waals surface area contributed by atoms with Gasteiger partial charge in [0.15, 0.2) is 0 Å². The molecule has 0 radical (unpaired) electrons. The summed E-state index contributed by atoms with van der Waals surface area (Å²) in [5.41, 5.74) is 3.82. The normalized spacial score (nSPS) is 17.0. The molecule has 0 saturated carbocycles. The quantitative estimate of drug-likeness (QED) is 0.820. The van der Waals surface area contributed by atoms with Gasteiger partial charge in [-0.2, -0.15) is 0 Å². The summed E-state index contributed by atoms with van der Waals surface area (Å²) in [7, 11) is 0. The first-order valence-electron chi connectivity index (χ1n) is 10.6. The van der Waals surface area contributed by atoms with Crippen molar-refractivity contribution in [3.05, 3.63) is 52.7 Å². The molecule has 3 nitrogen and oxygen atoms in total. The molecule has 1 aliphatic carbocycles. The van der Waals surface area contributed by atoms with E-state index in [1.807, 2.05) is 24.9 Å². The third kappa shape index (κ3) is 4.19. The van der Waals surface area contributed by atoms with Crippen molar-refractivity contribution in [2.75, 3.05) is 13.1 Å². The lowest BCUT2D eigenvalue weighted by atomic mass is 9.89. The fourth-order valence-corrected chi connectivity index (χ4v) is 4.33. The molecule has 28 heavy (non-hydrogen) atoms. The Labute approximate surface area is 167 Å². The number of amides is 1. The highest BCUT2D eigenvalue weighted by Crippen LogP contribution is 2.24. The highest BCUT2D eigenvalue weighted by molar-refractivity contribution is 5.78. The Balaban J connectivity index is 1.39. The van der Waals surface area contributed by atoms with Crippen LogP contribution in [-0.4, -0.2) is 28.9 Å². The second-order valence-corrected chi connectivity index (χ2v) is 8.51. The van der Waals surface area contributed by atoms with Gasteiger partial charge >= 0.3 is 0 Å². The molecule has 0 bridgehead atoms. The van der Waals surface area contributed by atoms with Crippen LogP contribution in [0.4, 0.5) is 0 Å². The van der Waals surface area contributed by atoms with E-state index in [0.29, 0.717) is 11.8 Å². The summed E-state index contributed by atoms with van der Waals surface area (Å²) in [4.78, 5) is 18.8. The number of fused-ring (bicyclic) bond motifs is 1. The molecule has 3 heteroatoms. The van der Waals surface area contributed by atoms with Crippen LogP contribution in [0.5, 0.6) is 0 Å². The zero-order chi connectivity index (χ0) is 19.5. The van der Waals surface area contributed by atoms with Gasteiger partial charge < -0.3 is 4.90 Å². The lowest BCUT2D eigenvalue weighted by molar-refractivity contribution is -0.135. The van der Waals surface area contributed by atoms with E-state index in [0.717, 1.165) is 50.5 Å². The van der Waals surface area contributed by atoms with Crippen molar-refractivity contribution in [3.63, 3.8) is 0 Å². The van der Waals surface area contributed by atoms with Crippen LogP contribution >= 0.6 is 0 Å². The predicted octanol–water partition coefficient (Wildman–Crippen LogP) is 3.54. The van der Waals surface area contributed by atoms with E-state index in [-0.39, 0.29) is 5.92 Å². The lowest BCUT2D eigenvalue weighted by Gasteiger charge is -2.33. The second-order valence-electron chi connectivity index (χ2n) is 8.51. The Morgan fingerprint density at radius 1 is 1.07 bits per heavy atom. The van der Waals surface area contributed by atoms with Gasteiger partial charge in [-0.15, -0.1) is 0 Å². The maximum atomic E-state index is 12.1. The van der Waals surface area contributed by atoms with Gasteiger partial charge in [0.05, 0.1) is 5.35 Å². The highest BCUT2D eigenvalue weighted by Gasteiger charge is 2.24. The van der Waals surface area contributed by atoms with Gasteiger partial charge in [0.1, 0.15) is 0 Å². The maximum absolute atomic E-state index is 12.1. The number of piperidine rings is 1. The van der Waals surface area contributed by atoms with Crippen molar-refractivity contribution < 1.29 is 4.79 Å². The van der Waals surface area contributed by atoms with Crippen molar-refractivity contribution in [3.8, 4) is 11.1 Å². The largest absolute Gasteiger partial charge is 0.342 e. The van der Waals surface area contributed by atoms with E-state index in [1.54, 1.807) is 0 Å². The van der Waals surface area contributed by atoms with E-state index in [2.05, 4.69) is 47.5 Å². The van der Waals surface area contributed by atoms with Crippen LogP contribution in [0.3, 0.4) is 0 Å². The van der Waals surface area contributed by atoms with Crippen LogP contribution in [0.15, 0.2) is 36.5 Å². The number of rotatable bonds is 4. The first kappa shape index (κ1) is 18.9. The van der Waals surface area contributed by atoms with Crippen molar-refractivity contribution in [1.82, 2.24) is 9.88 Å². The number of nitrogens with zero attached hydrogens (tertiary/aromatic N) is 2. The van der Waals surface area contributed by atoms with Crippen LogP contribution in [0.2, 0.25) is 0 Å². The molecule has 0 unspecified atom stereocenters. The van der Waals surface area contributed by atoms with E-state index in [1.165, 1.54) is 21.9 Å². The standard InChI is InChI=1S/C25H30N2O/c1-18(2)25(28)27-13-11-20(12-14-27)15-19-7-9-21(10-8-19)23-16-22-5-3-4-6-24(22)26-17-23/h5-10,16-18,20H,3-4,11-15H2,1-2H3. The molecule has 1 aromatic carbocycles. The smallest absolute Gasteiger partial charge is 0.225 e. The molecular formula is C25H30N2O. The lowest BCUT2D eigenvalue weighted by Crippen LogP contribution is -2.40. The van der Waals surface area contributed by atoms with E-state index < -0.39 is 0 Å². The first-order chi connectivity index (χ1) is 13.6. The molecule has 2 heterocycles. The number of likely N-dealkylation sites (tertiary alicyclic amines) is 1. The van der Waals surface area contributed by atoms with Gasteiger partial charge in [0.2, 0.25) is 5.91 Å². The minimum Gasteiger partial charge on any atom is -0.342 e. The Bertz CT molecular complexity index is 951. The first-order valence-corrected chi connectivity index (χ1v) is 10.6. The monoisotopic (exact) mass is 374 g/mol. The summed E-state index contributed by atoms with van der Waals surface area (Å²) < 4.78 is 0. The average Bonchev–Trinajstić information content (AvgIpc) is 2.74. The fourth-order valence-electron chi connectivity index (χ4n) is 4.33. The molecule has 146 valence electrons. The van der Waals surface area contributed by atoms with E-state index in [4.69, 9.17) is 0 Å². The highest BCUT2D eigenvalue weighted by atomic mass is 16.2. The molecule has 1 aliphatic heterocycles. The van der Waals surface area contributed by atoms with Gasteiger partial charge in [-0.3, -0.25) is 9.78 Å². The maximum Gasteiger partial charge on any atom is 0.225 e. The minimum absolute atomic E-state index is 0.109. The number of benzene rings is 1. The summed E-state index contributed by atoms with van der Waals surface area (Å²) >= 11 is 0. The molecule has 1 amide bonds. The number of carbonyl (C=O) groups excluding carboxylic acids is 1. The molecule has 0 spiro atoms. The van der Waals surface area contributed by atoms with Crippen molar-refractivity contribution >= 4 is 18.1 Å². The third-order valence-corrected chi connectivity index (χ3v) is 6.05.